The highest BCUT2D eigenvalue weighted by Crippen LogP contribution is 2.17. The van der Waals surface area contributed by atoms with Gasteiger partial charge in [0.1, 0.15) is 17.7 Å². The maximum Gasteiger partial charge on any atom is 0.260 e. The zero-order valence-corrected chi connectivity index (χ0v) is 13.4. The third-order valence-electron chi connectivity index (χ3n) is 3.85. The molecule has 1 amide bonds. The largest absolute Gasteiger partial charge is 0.484 e. The van der Waals surface area contributed by atoms with Crippen LogP contribution in [0.4, 0.5) is 4.39 Å². The molecule has 1 saturated heterocycles. The number of ether oxygens (including phenoxy) is 2. The first-order valence-corrected chi connectivity index (χ1v) is 7.85. The van der Waals surface area contributed by atoms with Gasteiger partial charge in [0.15, 0.2) is 6.61 Å². The molecule has 0 saturated carbocycles. The second-order valence-corrected chi connectivity index (χ2v) is 5.78. The number of hydrogen-bond acceptors (Lipinski definition) is 4. The lowest BCUT2D eigenvalue weighted by Gasteiger charge is -2.17. The lowest BCUT2D eigenvalue weighted by Crippen LogP contribution is -2.34. The Kier molecular flexibility index (Phi) is 4.93. The number of pyridine rings is 1. The number of nitrogens with zero attached hydrogens (tertiary/aromatic N) is 2. The van der Waals surface area contributed by atoms with Crippen molar-refractivity contribution in [2.45, 2.75) is 19.4 Å². The molecule has 1 aromatic heterocycles. The molecule has 0 radical (unpaired) electrons. The minimum atomic E-state index is -0.335. The van der Waals surface area contributed by atoms with E-state index in [4.69, 9.17) is 9.47 Å². The molecule has 6 heteroatoms. The highest BCUT2D eigenvalue weighted by Gasteiger charge is 2.28. The monoisotopic (exact) mass is 330 g/mol. The molecule has 1 fully saturated rings. The molecule has 1 aliphatic rings. The van der Waals surface area contributed by atoms with Crippen LogP contribution in [-0.2, 0) is 4.79 Å². The molecule has 5 nitrogen and oxygen atoms in total. The fourth-order valence-corrected chi connectivity index (χ4v) is 2.51. The van der Waals surface area contributed by atoms with Crippen molar-refractivity contribution in [3.05, 3.63) is 54.0 Å². The molecule has 0 spiro atoms. The number of aryl methyl sites for hydroxylation is 1. The first-order valence-electron chi connectivity index (χ1n) is 7.85. The van der Waals surface area contributed by atoms with E-state index in [2.05, 4.69) is 4.98 Å². The third-order valence-corrected chi connectivity index (χ3v) is 3.85. The van der Waals surface area contributed by atoms with Gasteiger partial charge in [-0.05, 0) is 36.8 Å². The Bertz CT molecular complexity index is 688. The number of benzene rings is 1. The SMILES string of the molecule is Cc1ccc(O[C@H]2CCN(C(=O)COc3ccc(F)cc3)C2)nc1. The van der Waals surface area contributed by atoms with Crippen LogP contribution in [0, 0.1) is 12.7 Å². The minimum absolute atomic E-state index is 0.0602. The Hall–Kier alpha value is -2.63. The van der Waals surface area contributed by atoms with Crippen molar-refractivity contribution in [3.63, 3.8) is 0 Å². The zero-order valence-electron chi connectivity index (χ0n) is 13.4. The highest BCUT2D eigenvalue weighted by molar-refractivity contribution is 5.78. The van der Waals surface area contributed by atoms with Gasteiger partial charge in [-0.1, -0.05) is 6.07 Å². The molecular formula is C18H19FN2O3. The standard InChI is InChI=1S/C18H19FN2O3/c1-13-2-7-17(20-10-13)24-16-8-9-21(11-16)18(22)12-23-15-5-3-14(19)4-6-15/h2-7,10,16H,8-9,11-12H2,1H3/t16-/m0/s1. The fraction of sp³-hybridized carbons (Fsp3) is 0.333. The second-order valence-electron chi connectivity index (χ2n) is 5.78. The van der Waals surface area contributed by atoms with Gasteiger partial charge in [0.25, 0.3) is 5.91 Å². The van der Waals surface area contributed by atoms with E-state index in [0.29, 0.717) is 24.7 Å². The zero-order chi connectivity index (χ0) is 16.9. The first kappa shape index (κ1) is 16.2. The normalized spacial score (nSPS) is 16.9. The lowest BCUT2D eigenvalue weighted by molar-refractivity contribution is -0.132. The summed E-state index contributed by atoms with van der Waals surface area (Å²) >= 11 is 0. The predicted octanol–water partition coefficient (Wildman–Crippen LogP) is 2.59. The van der Waals surface area contributed by atoms with E-state index < -0.39 is 0 Å². The van der Waals surface area contributed by atoms with Gasteiger partial charge in [0.2, 0.25) is 5.88 Å². The average Bonchev–Trinajstić information content (AvgIpc) is 3.05. The topological polar surface area (TPSA) is 51.7 Å². The average molecular weight is 330 g/mol. The number of aromatic nitrogens is 1. The van der Waals surface area contributed by atoms with Gasteiger partial charge in [0, 0.05) is 25.2 Å². The predicted molar refractivity (Wildman–Crippen MR) is 86.5 cm³/mol. The Labute approximate surface area is 140 Å². The van der Waals surface area contributed by atoms with Crippen LogP contribution in [0.2, 0.25) is 0 Å². The van der Waals surface area contributed by atoms with Crippen LogP contribution in [0.3, 0.4) is 0 Å². The molecule has 0 unspecified atom stereocenters. The summed E-state index contributed by atoms with van der Waals surface area (Å²) in [6.45, 7) is 3.04. The molecule has 0 aliphatic carbocycles. The Balaban J connectivity index is 1.46. The van der Waals surface area contributed by atoms with Crippen molar-refractivity contribution in [2.75, 3.05) is 19.7 Å². The molecule has 0 bridgehead atoms. The van der Waals surface area contributed by atoms with Gasteiger partial charge in [-0.25, -0.2) is 9.37 Å². The molecule has 1 aromatic carbocycles. The summed E-state index contributed by atoms with van der Waals surface area (Å²) in [5.74, 6) is 0.600. The summed E-state index contributed by atoms with van der Waals surface area (Å²) in [6.07, 6.45) is 2.46. The maximum atomic E-state index is 12.8. The molecule has 2 aromatic rings. The van der Waals surface area contributed by atoms with E-state index >= 15 is 0 Å². The molecule has 2 heterocycles. The Morgan fingerprint density at radius 1 is 1.29 bits per heavy atom. The van der Waals surface area contributed by atoms with E-state index in [-0.39, 0.29) is 24.4 Å². The van der Waals surface area contributed by atoms with Gasteiger partial charge in [0.05, 0.1) is 6.54 Å². The second kappa shape index (κ2) is 7.29. The number of rotatable bonds is 5. The summed E-state index contributed by atoms with van der Waals surface area (Å²) in [7, 11) is 0. The van der Waals surface area contributed by atoms with Crippen LogP contribution in [0.5, 0.6) is 11.6 Å². The van der Waals surface area contributed by atoms with Crippen LogP contribution < -0.4 is 9.47 Å². The van der Waals surface area contributed by atoms with Gasteiger partial charge in [-0.3, -0.25) is 4.79 Å². The van der Waals surface area contributed by atoms with Gasteiger partial charge >= 0.3 is 0 Å². The molecule has 24 heavy (non-hydrogen) atoms. The van der Waals surface area contributed by atoms with Crippen LogP contribution >= 0.6 is 0 Å². The molecule has 1 aliphatic heterocycles. The van der Waals surface area contributed by atoms with Crippen LogP contribution in [-0.4, -0.2) is 41.6 Å². The summed E-state index contributed by atoms with van der Waals surface area (Å²) in [5, 5.41) is 0. The molecule has 1 atom stereocenters. The number of hydrogen-bond donors (Lipinski definition) is 0. The van der Waals surface area contributed by atoms with Crippen molar-refractivity contribution in [1.29, 1.82) is 0 Å². The number of amides is 1. The van der Waals surface area contributed by atoms with Crippen molar-refractivity contribution in [3.8, 4) is 11.6 Å². The summed E-state index contributed by atoms with van der Waals surface area (Å²) in [4.78, 5) is 18.1. The lowest BCUT2D eigenvalue weighted by atomic mass is 10.3. The van der Waals surface area contributed by atoms with Crippen LogP contribution in [0.1, 0.15) is 12.0 Å². The van der Waals surface area contributed by atoms with E-state index in [0.717, 1.165) is 12.0 Å². The van der Waals surface area contributed by atoms with Gasteiger partial charge in [-0.15, -0.1) is 0 Å². The Morgan fingerprint density at radius 2 is 2.08 bits per heavy atom. The number of carbonyl (C=O) groups excluding carboxylic acids is 1. The van der Waals surface area contributed by atoms with Crippen molar-refractivity contribution in [2.24, 2.45) is 0 Å². The third kappa shape index (κ3) is 4.22. The fourth-order valence-electron chi connectivity index (χ4n) is 2.51. The minimum Gasteiger partial charge on any atom is -0.484 e. The van der Waals surface area contributed by atoms with Crippen molar-refractivity contribution < 1.29 is 18.7 Å². The van der Waals surface area contributed by atoms with Gasteiger partial charge < -0.3 is 14.4 Å². The number of halogens is 1. The Morgan fingerprint density at radius 3 is 2.79 bits per heavy atom. The van der Waals surface area contributed by atoms with Crippen LogP contribution in [0.25, 0.3) is 0 Å². The quantitative estimate of drug-likeness (QED) is 0.845. The van der Waals surface area contributed by atoms with Crippen LogP contribution in [0.15, 0.2) is 42.6 Å². The van der Waals surface area contributed by atoms with E-state index in [1.807, 2.05) is 19.1 Å². The van der Waals surface area contributed by atoms with E-state index in [9.17, 15) is 9.18 Å². The van der Waals surface area contributed by atoms with E-state index in [1.165, 1.54) is 24.3 Å². The summed E-state index contributed by atoms with van der Waals surface area (Å²) in [5.41, 5.74) is 1.07. The van der Waals surface area contributed by atoms with E-state index in [1.54, 1.807) is 11.1 Å². The molecule has 126 valence electrons. The van der Waals surface area contributed by atoms with Crippen molar-refractivity contribution in [1.82, 2.24) is 9.88 Å². The number of carbonyl (C=O) groups is 1. The molecule has 0 N–H and O–H groups in total. The molecular weight excluding hydrogens is 311 g/mol. The molecule has 3 rings (SSSR count). The number of likely N-dealkylation sites (tertiary alicyclic amines) is 1. The smallest absolute Gasteiger partial charge is 0.260 e. The maximum absolute atomic E-state index is 12.8. The highest BCUT2D eigenvalue weighted by atomic mass is 19.1. The van der Waals surface area contributed by atoms with Crippen molar-refractivity contribution >= 4 is 5.91 Å². The first-order chi connectivity index (χ1) is 11.6. The summed E-state index contributed by atoms with van der Waals surface area (Å²) in [6, 6.07) is 9.37. The van der Waals surface area contributed by atoms with Gasteiger partial charge in [-0.2, -0.15) is 0 Å². The summed E-state index contributed by atoms with van der Waals surface area (Å²) < 4.78 is 24.0.